The lowest BCUT2D eigenvalue weighted by molar-refractivity contribution is -0.135. The maximum Gasteiger partial charge on any atom is 0.335 e. The van der Waals surface area contributed by atoms with Gasteiger partial charge in [0.2, 0.25) is 5.91 Å². The first-order valence-corrected chi connectivity index (χ1v) is 6.62. The van der Waals surface area contributed by atoms with Crippen LogP contribution >= 0.6 is 0 Å². The molecule has 1 heterocycles. The molecule has 0 saturated carbocycles. The Morgan fingerprint density at radius 1 is 1.32 bits per heavy atom. The number of rotatable bonds is 1. The van der Waals surface area contributed by atoms with Gasteiger partial charge in [-0.15, -0.1) is 0 Å². The molecular formula is C15H17NO3. The van der Waals surface area contributed by atoms with Crippen LogP contribution in [0, 0.1) is 5.41 Å². The summed E-state index contributed by atoms with van der Waals surface area (Å²) in [7, 11) is 1.86. The first-order chi connectivity index (χ1) is 9.02. The predicted molar refractivity (Wildman–Crippen MR) is 70.1 cm³/mol. The summed E-state index contributed by atoms with van der Waals surface area (Å²) in [5, 5.41) is 9.01. The molecule has 19 heavy (non-hydrogen) atoms. The SMILES string of the molecule is CN1CC[C@@]2(CCc3cc(C(=O)O)ccc3C2)C1=O. The Kier molecular flexibility index (Phi) is 2.62. The molecule has 1 fully saturated rings. The number of hydrogen-bond donors (Lipinski definition) is 1. The molecule has 1 aliphatic carbocycles. The minimum absolute atomic E-state index is 0.230. The standard InChI is InChI=1S/C15H17NO3/c1-16-7-6-15(14(16)19)5-4-10-8-11(13(17)18)2-3-12(10)9-15/h2-3,8H,4-7,9H2,1H3,(H,17,18)/t15-/m1/s1. The molecule has 0 aromatic heterocycles. The fraction of sp³-hybridized carbons (Fsp3) is 0.467. The summed E-state index contributed by atoms with van der Waals surface area (Å²) in [6.07, 6.45) is 3.32. The third-order valence-corrected chi connectivity index (χ3v) is 4.58. The zero-order valence-electron chi connectivity index (χ0n) is 11.0. The molecule has 1 N–H and O–H groups in total. The van der Waals surface area contributed by atoms with Gasteiger partial charge in [-0.3, -0.25) is 4.79 Å². The fourth-order valence-corrected chi connectivity index (χ4v) is 3.38. The van der Waals surface area contributed by atoms with Crippen LogP contribution in [-0.2, 0) is 17.6 Å². The summed E-state index contributed by atoms with van der Waals surface area (Å²) in [5.74, 6) is -0.639. The van der Waals surface area contributed by atoms with Gasteiger partial charge in [0, 0.05) is 13.6 Å². The van der Waals surface area contributed by atoms with Gasteiger partial charge in [-0.25, -0.2) is 4.79 Å². The average Bonchev–Trinajstić information content (AvgIpc) is 2.67. The van der Waals surface area contributed by atoms with Crippen molar-refractivity contribution in [1.82, 2.24) is 4.90 Å². The number of carbonyl (C=O) groups excluding carboxylic acids is 1. The van der Waals surface area contributed by atoms with Gasteiger partial charge in [0.25, 0.3) is 0 Å². The minimum Gasteiger partial charge on any atom is -0.478 e. The van der Waals surface area contributed by atoms with Crippen molar-refractivity contribution in [3.63, 3.8) is 0 Å². The molecule has 1 aliphatic heterocycles. The van der Waals surface area contributed by atoms with Crippen molar-refractivity contribution >= 4 is 11.9 Å². The van der Waals surface area contributed by atoms with Crippen molar-refractivity contribution in [2.24, 2.45) is 5.41 Å². The molecule has 0 bridgehead atoms. The minimum atomic E-state index is -0.889. The Morgan fingerprint density at radius 3 is 2.74 bits per heavy atom. The molecule has 4 heteroatoms. The summed E-state index contributed by atoms with van der Waals surface area (Å²) in [4.78, 5) is 25.1. The summed E-state index contributed by atoms with van der Waals surface area (Å²) in [6.45, 7) is 0.835. The van der Waals surface area contributed by atoms with E-state index >= 15 is 0 Å². The van der Waals surface area contributed by atoms with Gasteiger partial charge in [-0.1, -0.05) is 6.07 Å². The van der Waals surface area contributed by atoms with Crippen molar-refractivity contribution in [2.45, 2.75) is 25.7 Å². The van der Waals surface area contributed by atoms with Gasteiger partial charge >= 0.3 is 5.97 Å². The number of hydrogen-bond acceptors (Lipinski definition) is 2. The van der Waals surface area contributed by atoms with Crippen molar-refractivity contribution < 1.29 is 14.7 Å². The number of aromatic carboxylic acids is 1. The van der Waals surface area contributed by atoms with E-state index in [9.17, 15) is 9.59 Å². The molecule has 1 aromatic rings. The first-order valence-electron chi connectivity index (χ1n) is 6.62. The third-order valence-electron chi connectivity index (χ3n) is 4.58. The van der Waals surface area contributed by atoms with Gasteiger partial charge < -0.3 is 10.0 Å². The van der Waals surface area contributed by atoms with E-state index < -0.39 is 5.97 Å². The van der Waals surface area contributed by atoms with Gasteiger partial charge in [0.1, 0.15) is 0 Å². The molecule has 4 nitrogen and oxygen atoms in total. The molecule has 1 spiro atoms. The summed E-state index contributed by atoms with van der Waals surface area (Å²) in [6, 6.07) is 5.28. The summed E-state index contributed by atoms with van der Waals surface area (Å²) < 4.78 is 0. The highest BCUT2D eigenvalue weighted by atomic mass is 16.4. The Hall–Kier alpha value is -1.84. The summed E-state index contributed by atoms with van der Waals surface area (Å²) in [5.41, 5.74) is 2.34. The van der Waals surface area contributed by atoms with Crippen LogP contribution in [0.2, 0.25) is 0 Å². The quantitative estimate of drug-likeness (QED) is 0.835. The van der Waals surface area contributed by atoms with Crippen molar-refractivity contribution in [2.75, 3.05) is 13.6 Å². The molecule has 0 unspecified atom stereocenters. The molecule has 3 rings (SSSR count). The van der Waals surface area contributed by atoms with E-state index in [1.54, 1.807) is 12.1 Å². The van der Waals surface area contributed by atoms with E-state index in [0.717, 1.165) is 43.4 Å². The number of benzene rings is 1. The van der Waals surface area contributed by atoms with E-state index in [-0.39, 0.29) is 11.3 Å². The molecule has 1 atom stereocenters. The van der Waals surface area contributed by atoms with Crippen LogP contribution in [-0.4, -0.2) is 35.5 Å². The second kappa shape index (κ2) is 4.08. The summed E-state index contributed by atoms with van der Waals surface area (Å²) >= 11 is 0. The average molecular weight is 259 g/mol. The van der Waals surface area contributed by atoms with Crippen LogP contribution < -0.4 is 0 Å². The number of fused-ring (bicyclic) bond motifs is 1. The number of nitrogens with zero attached hydrogens (tertiary/aromatic N) is 1. The largest absolute Gasteiger partial charge is 0.478 e. The Bertz CT molecular complexity index is 567. The predicted octanol–water partition coefficient (Wildman–Crippen LogP) is 1.72. The lowest BCUT2D eigenvalue weighted by Gasteiger charge is -2.32. The zero-order chi connectivity index (χ0) is 13.6. The Balaban J connectivity index is 1.93. The van der Waals surface area contributed by atoms with Crippen LogP contribution in [0.25, 0.3) is 0 Å². The lowest BCUT2D eigenvalue weighted by atomic mass is 9.70. The molecule has 100 valence electrons. The second-order valence-corrected chi connectivity index (χ2v) is 5.72. The highest BCUT2D eigenvalue weighted by Crippen LogP contribution is 2.43. The van der Waals surface area contributed by atoms with Gasteiger partial charge in [0.15, 0.2) is 0 Å². The normalized spacial score (nSPS) is 25.7. The monoisotopic (exact) mass is 259 g/mol. The maximum absolute atomic E-state index is 12.3. The number of likely N-dealkylation sites (tertiary alicyclic amines) is 1. The third kappa shape index (κ3) is 1.82. The van der Waals surface area contributed by atoms with E-state index in [1.807, 2.05) is 18.0 Å². The van der Waals surface area contributed by atoms with Crippen molar-refractivity contribution in [1.29, 1.82) is 0 Å². The van der Waals surface area contributed by atoms with Crippen LogP contribution in [0.4, 0.5) is 0 Å². The highest BCUT2D eigenvalue weighted by molar-refractivity contribution is 5.88. The second-order valence-electron chi connectivity index (χ2n) is 5.72. The van der Waals surface area contributed by atoms with Crippen LogP contribution in [0.15, 0.2) is 18.2 Å². The number of aryl methyl sites for hydroxylation is 1. The number of amides is 1. The van der Waals surface area contributed by atoms with Crippen molar-refractivity contribution in [3.05, 3.63) is 34.9 Å². The first kappa shape index (κ1) is 12.2. The fourth-order valence-electron chi connectivity index (χ4n) is 3.38. The number of carboxylic acid groups (broad SMARTS) is 1. The molecule has 1 saturated heterocycles. The Morgan fingerprint density at radius 2 is 2.11 bits per heavy atom. The van der Waals surface area contributed by atoms with Crippen molar-refractivity contribution in [3.8, 4) is 0 Å². The van der Waals surface area contributed by atoms with E-state index in [2.05, 4.69) is 0 Å². The molecule has 1 aromatic carbocycles. The van der Waals surface area contributed by atoms with Gasteiger partial charge in [-0.2, -0.15) is 0 Å². The van der Waals surface area contributed by atoms with Crippen LogP contribution in [0.5, 0.6) is 0 Å². The van der Waals surface area contributed by atoms with E-state index in [1.165, 1.54) is 0 Å². The van der Waals surface area contributed by atoms with Crippen LogP contribution in [0.3, 0.4) is 0 Å². The van der Waals surface area contributed by atoms with Crippen LogP contribution in [0.1, 0.15) is 34.3 Å². The van der Waals surface area contributed by atoms with Gasteiger partial charge in [0.05, 0.1) is 11.0 Å². The zero-order valence-corrected chi connectivity index (χ0v) is 11.0. The molecule has 0 radical (unpaired) electrons. The molecular weight excluding hydrogens is 242 g/mol. The highest BCUT2D eigenvalue weighted by Gasteiger charge is 2.46. The topological polar surface area (TPSA) is 57.6 Å². The Labute approximate surface area is 112 Å². The number of carbonyl (C=O) groups is 2. The molecule has 1 amide bonds. The van der Waals surface area contributed by atoms with E-state index in [4.69, 9.17) is 5.11 Å². The maximum atomic E-state index is 12.3. The van der Waals surface area contributed by atoms with E-state index in [0.29, 0.717) is 5.56 Å². The lowest BCUT2D eigenvalue weighted by Crippen LogP contribution is -2.37. The molecule has 2 aliphatic rings. The smallest absolute Gasteiger partial charge is 0.335 e. The number of carboxylic acids is 1. The van der Waals surface area contributed by atoms with Gasteiger partial charge in [-0.05, 0) is 48.9 Å².